The Morgan fingerprint density at radius 2 is 1.80 bits per heavy atom. The van der Waals surface area contributed by atoms with Gasteiger partial charge in [-0.15, -0.1) is 0 Å². The van der Waals surface area contributed by atoms with Gasteiger partial charge in [0.25, 0.3) is 0 Å². The monoisotopic (exact) mass is 411 g/mol. The molecule has 0 fully saturated rings. The van der Waals surface area contributed by atoms with Gasteiger partial charge in [0.1, 0.15) is 23.0 Å². The fourth-order valence-corrected chi connectivity index (χ4v) is 4.25. The molecule has 0 saturated carbocycles. The van der Waals surface area contributed by atoms with Crippen LogP contribution in [-0.4, -0.2) is 23.0 Å². The number of nitrogens with one attached hydrogen (secondary N) is 1. The summed E-state index contributed by atoms with van der Waals surface area (Å²) in [5, 5.41) is 13.6. The van der Waals surface area contributed by atoms with Gasteiger partial charge >= 0.3 is 11.6 Å². The summed E-state index contributed by atoms with van der Waals surface area (Å²) in [6.07, 6.45) is 3.87. The molecule has 0 saturated heterocycles. The van der Waals surface area contributed by atoms with Crippen LogP contribution in [0.1, 0.15) is 49.1 Å². The molecule has 4 rings (SSSR count). The second-order valence-electron chi connectivity index (χ2n) is 8.35. The largest absolute Gasteiger partial charge is 0.480 e. The first-order valence-corrected chi connectivity index (χ1v) is 10.3. The third-order valence-electron chi connectivity index (χ3n) is 5.95. The van der Waals surface area contributed by atoms with E-state index in [-0.39, 0.29) is 17.9 Å². The molecule has 1 aliphatic carbocycles. The number of hydrogen-bond acceptors (Lipinski definition) is 5. The molecule has 0 bridgehead atoms. The van der Waals surface area contributed by atoms with Crippen molar-refractivity contribution in [2.45, 2.75) is 58.9 Å². The summed E-state index contributed by atoms with van der Waals surface area (Å²) < 4.78 is 11.5. The molecule has 2 aromatic heterocycles. The minimum absolute atomic E-state index is 0.234. The molecule has 7 heteroatoms. The van der Waals surface area contributed by atoms with E-state index in [1.165, 1.54) is 5.56 Å². The highest BCUT2D eigenvalue weighted by Gasteiger charge is 2.25. The van der Waals surface area contributed by atoms with Crippen LogP contribution < -0.4 is 10.9 Å². The number of carbonyl (C=O) groups excluding carboxylic acids is 1. The second-order valence-corrected chi connectivity index (χ2v) is 8.35. The van der Waals surface area contributed by atoms with E-state index in [1.54, 1.807) is 26.8 Å². The summed E-state index contributed by atoms with van der Waals surface area (Å²) >= 11 is 0. The Morgan fingerprint density at radius 3 is 2.50 bits per heavy atom. The number of fused-ring (bicyclic) bond motifs is 4. The van der Waals surface area contributed by atoms with Gasteiger partial charge in [0, 0.05) is 28.8 Å². The first-order chi connectivity index (χ1) is 14.3. The van der Waals surface area contributed by atoms with Crippen LogP contribution in [0.3, 0.4) is 0 Å². The zero-order valence-electron chi connectivity index (χ0n) is 17.3. The lowest BCUT2D eigenvalue weighted by atomic mass is 9.94. The van der Waals surface area contributed by atoms with Crippen LogP contribution in [0.4, 0.5) is 0 Å². The van der Waals surface area contributed by atoms with Crippen LogP contribution >= 0.6 is 0 Å². The van der Waals surface area contributed by atoms with E-state index < -0.39 is 23.5 Å². The molecule has 1 aromatic carbocycles. The van der Waals surface area contributed by atoms with Gasteiger partial charge in [-0.2, -0.15) is 0 Å². The molecular weight excluding hydrogens is 386 g/mol. The van der Waals surface area contributed by atoms with E-state index in [4.69, 9.17) is 8.83 Å². The van der Waals surface area contributed by atoms with Crippen molar-refractivity contribution in [3.05, 3.63) is 45.0 Å². The van der Waals surface area contributed by atoms with Crippen LogP contribution in [-0.2, 0) is 28.9 Å². The number of aryl methyl sites for hydroxylation is 3. The van der Waals surface area contributed by atoms with Gasteiger partial charge in [-0.25, -0.2) is 9.59 Å². The fraction of sp³-hybridized carbons (Fsp3) is 0.435. The first kappa shape index (κ1) is 20.2. The minimum atomic E-state index is -1.10. The molecule has 7 nitrogen and oxygen atoms in total. The molecule has 0 spiro atoms. The summed E-state index contributed by atoms with van der Waals surface area (Å²) in [6.45, 7) is 5.22. The third kappa shape index (κ3) is 3.49. The Morgan fingerprint density at radius 1 is 1.10 bits per heavy atom. The number of benzene rings is 1. The molecule has 158 valence electrons. The van der Waals surface area contributed by atoms with Gasteiger partial charge in [0.05, 0.1) is 12.0 Å². The third-order valence-corrected chi connectivity index (χ3v) is 5.95. The molecular formula is C23H25NO6. The average Bonchev–Trinajstić information content (AvgIpc) is 3.05. The number of rotatable bonds is 5. The molecule has 1 atom stereocenters. The molecule has 0 aliphatic heterocycles. The minimum Gasteiger partial charge on any atom is -0.480 e. The number of carboxylic acids is 1. The lowest BCUT2D eigenvalue weighted by molar-refractivity contribution is -0.143. The summed E-state index contributed by atoms with van der Waals surface area (Å²) in [5.41, 5.74) is 2.66. The van der Waals surface area contributed by atoms with Crippen molar-refractivity contribution < 1.29 is 23.5 Å². The van der Waals surface area contributed by atoms with Crippen LogP contribution in [0.15, 0.2) is 25.8 Å². The van der Waals surface area contributed by atoms with Crippen molar-refractivity contribution in [1.29, 1.82) is 0 Å². The van der Waals surface area contributed by atoms with Gasteiger partial charge in [-0.3, -0.25) is 4.79 Å². The highest BCUT2D eigenvalue weighted by molar-refractivity contribution is 5.97. The van der Waals surface area contributed by atoms with Crippen LogP contribution in [0.2, 0.25) is 0 Å². The number of carbonyl (C=O) groups is 2. The first-order valence-electron chi connectivity index (χ1n) is 10.3. The molecule has 1 amide bonds. The van der Waals surface area contributed by atoms with Gasteiger partial charge in [0.2, 0.25) is 5.91 Å². The molecule has 3 aromatic rings. The van der Waals surface area contributed by atoms with Crippen molar-refractivity contribution in [1.82, 2.24) is 5.32 Å². The van der Waals surface area contributed by atoms with Gasteiger partial charge in [0.15, 0.2) is 0 Å². The summed E-state index contributed by atoms with van der Waals surface area (Å²) in [4.78, 5) is 36.4. The van der Waals surface area contributed by atoms with E-state index in [0.29, 0.717) is 16.7 Å². The predicted octanol–water partition coefficient (Wildman–Crippen LogP) is 3.49. The number of hydrogen-bond donors (Lipinski definition) is 2. The second kappa shape index (κ2) is 7.63. The SMILES string of the molecule is Cc1c(CC(=O)NC(C(=O)O)C(C)C)c(=O)oc2cc3oc4c(c3cc12)CCCC4. The van der Waals surface area contributed by atoms with Gasteiger partial charge in [-0.1, -0.05) is 13.8 Å². The van der Waals surface area contributed by atoms with Crippen molar-refractivity contribution in [3.63, 3.8) is 0 Å². The Kier molecular flexibility index (Phi) is 5.13. The molecule has 1 unspecified atom stereocenters. The highest BCUT2D eigenvalue weighted by Crippen LogP contribution is 2.35. The Bertz CT molecular complexity index is 1220. The smallest absolute Gasteiger partial charge is 0.340 e. The number of aliphatic carboxylic acids is 1. The van der Waals surface area contributed by atoms with E-state index in [2.05, 4.69) is 5.32 Å². The lowest BCUT2D eigenvalue weighted by Crippen LogP contribution is -2.45. The van der Waals surface area contributed by atoms with Gasteiger partial charge < -0.3 is 19.3 Å². The highest BCUT2D eigenvalue weighted by atomic mass is 16.4. The molecule has 2 heterocycles. The Balaban J connectivity index is 1.73. The van der Waals surface area contributed by atoms with Crippen LogP contribution in [0.25, 0.3) is 21.9 Å². The maximum Gasteiger partial charge on any atom is 0.340 e. The Labute approximate surface area is 173 Å². The molecule has 1 aliphatic rings. The molecule has 0 radical (unpaired) electrons. The number of furan rings is 1. The molecule has 30 heavy (non-hydrogen) atoms. The van der Waals surface area contributed by atoms with Crippen molar-refractivity contribution >= 4 is 33.8 Å². The summed E-state index contributed by atoms with van der Waals surface area (Å²) in [5.74, 6) is -0.902. The predicted molar refractivity (Wildman–Crippen MR) is 112 cm³/mol. The number of amides is 1. The Hall–Kier alpha value is -3.09. The maximum atomic E-state index is 12.6. The zero-order valence-corrected chi connectivity index (χ0v) is 17.3. The quantitative estimate of drug-likeness (QED) is 0.622. The molecule has 2 N–H and O–H groups in total. The van der Waals surface area contributed by atoms with E-state index >= 15 is 0 Å². The topological polar surface area (TPSA) is 110 Å². The maximum absolute atomic E-state index is 12.6. The average molecular weight is 411 g/mol. The zero-order chi connectivity index (χ0) is 21.6. The van der Waals surface area contributed by atoms with E-state index in [0.717, 1.165) is 42.2 Å². The normalized spacial score (nSPS) is 14.8. The van der Waals surface area contributed by atoms with E-state index in [9.17, 15) is 19.5 Å². The fourth-order valence-electron chi connectivity index (χ4n) is 4.25. The van der Waals surface area contributed by atoms with Crippen molar-refractivity contribution in [2.24, 2.45) is 5.92 Å². The van der Waals surface area contributed by atoms with Gasteiger partial charge in [-0.05, 0) is 43.7 Å². The van der Waals surface area contributed by atoms with Crippen LogP contribution in [0.5, 0.6) is 0 Å². The summed E-state index contributed by atoms with van der Waals surface area (Å²) in [7, 11) is 0. The van der Waals surface area contributed by atoms with Crippen molar-refractivity contribution in [2.75, 3.05) is 0 Å². The lowest BCUT2D eigenvalue weighted by Gasteiger charge is -2.18. The van der Waals surface area contributed by atoms with E-state index in [1.807, 2.05) is 6.07 Å². The van der Waals surface area contributed by atoms with Crippen molar-refractivity contribution in [3.8, 4) is 0 Å². The summed E-state index contributed by atoms with van der Waals surface area (Å²) in [6, 6.07) is 2.72. The number of carboxylic acid groups (broad SMARTS) is 1. The standard InChI is InChI=1S/C23H25NO6/c1-11(2)21(22(26)27)24-20(25)9-15-12(3)14-8-16-13-6-4-5-7-17(13)29-19(16)10-18(14)30-23(15)28/h8,10-11,21H,4-7,9H2,1-3H3,(H,24,25)(H,26,27). The van der Waals surface area contributed by atoms with Crippen LogP contribution in [0, 0.1) is 12.8 Å².